The van der Waals surface area contributed by atoms with Gasteiger partial charge in [0.2, 0.25) is 0 Å². The molecule has 104 valence electrons. The summed E-state index contributed by atoms with van der Waals surface area (Å²) in [5.41, 5.74) is 1.38. The average Bonchev–Trinajstić information content (AvgIpc) is 2.90. The number of nitrogens with zero attached hydrogens (tertiary/aromatic N) is 1. The van der Waals surface area contributed by atoms with E-state index in [2.05, 4.69) is 6.07 Å². The second-order valence-electron chi connectivity index (χ2n) is 5.15. The van der Waals surface area contributed by atoms with E-state index in [0.717, 1.165) is 17.7 Å². The highest BCUT2D eigenvalue weighted by Crippen LogP contribution is 2.30. The van der Waals surface area contributed by atoms with E-state index in [4.69, 9.17) is 16.3 Å². The minimum absolute atomic E-state index is 0.0158. The van der Waals surface area contributed by atoms with Crippen LogP contribution in [-0.4, -0.2) is 42.5 Å². The van der Waals surface area contributed by atoms with Crippen LogP contribution in [0.1, 0.15) is 33.0 Å². The van der Waals surface area contributed by atoms with Crippen molar-refractivity contribution in [1.29, 1.82) is 0 Å². The summed E-state index contributed by atoms with van der Waals surface area (Å²) in [6, 6.07) is 2.12. The molecule has 3 nitrogen and oxygen atoms in total. The van der Waals surface area contributed by atoms with Gasteiger partial charge in [0.15, 0.2) is 0 Å². The van der Waals surface area contributed by atoms with Crippen molar-refractivity contribution in [3.8, 4) is 0 Å². The van der Waals surface area contributed by atoms with Crippen molar-refractivity contribution >= 4 is 28.8 Å². The van der Waals surface area contributed by atoms with Crippen molar-refractivity contribution in [3.05, 3.63) is 21.4 Å². The lowest BCUT2D eigenvalue weighted by Crippen LogP contribution is -2.49. The Hall–Kier alpha value is -0.580. The van der Waals surface area contributed by atoms with E-state index in [1.807, 2.05) is 4.90 Å². The van der Waals surface area contributed by atoms with Crippen LogP contribution in [0.4, 0.5) is 0 Å². The van der Waals surface area contributed by atoms with E-state index >= 15 is 0 Å². The van der Waals surface area contributed by atoms with Crippen molar-refractivity contribution in [2.45, 2.75) is 31.7 Å². The van der Waals surface area contributed by atoms with Crippen LogP contribution in [0.25, 0.3) is 0 Å². The van der Waals surface area contributed by atoms with E-state index in [0.29, 0.717) is 25.6 Å². The molecule has 1 fully saturated rings. The van der Waals surface area contributed by atoms with Gasteiger partial charge in [-0.05, 0) is 37.3 Å². The Labute approximate surface area is 122 Å². The highest BCUT2D eigenvalue weighted by atomic mass is 35.5. The third-order valence-electron chi connectivity index (χ3n) is 3.87. The first-order chi connectivity index (χ1) is 9.29. The van der Waals surface area contributed by atoms with Gasteiger partial charge < -0.3 is 9.64 Å². The molecule has 1 aliphatic carbocycles. The third kappa shape index (κ3) is 2.67. The number of alkyl halides is 1. The van der Waals surface area contributed by atoms with Gasteiger partial charge in [0.25, 0.3) is 5.91 Å². The second kappa shape index (κ2) is 5.81. The molecule has 19 heavy (non-hydrogen) atoms. The van der Waals surface area contributed by atoms with Crippen molar-refractivity contribution < 1.29 is 9.53 Å². The van der Waals surface area contributed by atoms with Crippen LogP contribution in [0.15, 0.2) is 6.07 Å². The van der Waals surface area contributed by atoms with E-state index < -0.39 is 0 Å². The standard InChI is InChI=1S/C14H18ClNO2S/c15-8-11-9-18-6-5-16(11)14(17)13-7-10-3-1-2-4-12(10)19-13/h7,11H,1-6,8-9H2. The van der Waals surface area contributed by atoms with Gasteiger partial charge in [-0.2, -0.15) is 0 Å². The van der Waals surface area contributed by atoms with Gasteiger partial charge in [0, 0.05) is 17.3 Å². The molecular weight excluding hydrogens is 282 g/mol. The lowest BCUT2D eigenvalue weighted by atomic mass is 9.99. The number of carbonyl (C=O) groups excluding carboxylic acids is 1. The number of carbonyl (C=O) groups is 1. The Morgan fingerprint density at radius 2 is 2.32 bits per heavy atom. The Balaban J connectivity index is 1.80. The summed E-state index contributed by atoms with van der Waals surface area (Å²) in [4.78, 5) is 16.8. The summed E-state index contributed by atoms with van der Waals surface area (Å²) < 4.78 is 5.40. The fourth-order valence-corrected chi connectivity index (χ4v) is 4.25. The molecule has 2 heterocycles. The molecule has 0 saturated carbocycles. The van der Waals surface area contributed by atoms with Crippen molar-refractivity contribution in [3.63, 3.8) is 0 Å². The predicted octanol–water partition coefficient (Wildman–Crippen LogP) is 2.71. The average molecular weight is 300 g/mol. The largest absolute Gasteiger partial charge is 0.377 e. The predicted molar refractivity (Wildman–Crippen MR) is 77.3 cm³/mol. The SMILES string of the molecule is O=C(c1cc2c(s1)CCCC2)N1CCOCC1CCl. The number of hydrogen-bond donors (Lipinski definition) is 0. The van der Waals surface area contributed by atoms with Crippen LogP contribution >= 0.6 is 22.9 Å². The second-order valence-corrected chi connectivity index (χ2v) is 6.59. The molecule has 1 saturated heterocycles. The lowest BCUT2D eigenvalue weighted by Gasteiger charge is -2.34. The first kappa shape index (κ1) is 13.4. The van der Waals surface area contributed by atoms with Gasteiger partial charge in [0.1, 0.15) is 0 Å². The molecule has 0 bridgehead atoms. The summed E-state index contributed by atoms with van der Waals surface area (Å²) in [7, 11) is 0. The summed E-state index contributed by atoms with van der Waals surface area (Å²) in [5, 5.41) is 0. The van der Waals surface area contributed by atoms with E-state index in [9.17, 15) is 4.79 Å². The van der Waals surface area contributed by atoms with E-state index in [1.54, 1.807) is 11.3 Å². The van der Waals surface area contributed by atoms with E-state index in [-0.39, 0.29) is 11.9 Å². The molecule has 0 radical (unpaired) electrons. The smallest absolute Gasteiger partial charge is 0.264 e. The minimum Gasteiger partial charge on any atom is -0.377 e. The molecule has 1 atom stereocenters. The van der Waals surface area contributed by atoms with Gasteiger partial charge in [-0.3, -0.25) is 4.79 Å². The first-order valence-electron chi connectivity index (χ1n) is 6.86. The molecule has 1 aromatic rings. The van der Waals surface area contributed by atoms with Crippen LogP contribution in [0.5, 0.6) is 0 Å². The number of amides is 1. The Kier molecular flexibility index (Phi) is 4.10. The number of aryl methyl sites for hydroxylation is 2. The van der Waals surface area contributed by atoms with Gasteiger partial charge in [-0.1, -0.05) is 0 Å². The van der Waals surface area contributed by atoms with Crippen LogP contribution < -0.4 is 0 Å². The van der Waals surface area contributed by atoms with Crippen LogP contribution in [0, 0.1) is 0 Å². The number of hydrogen-bond acceptors (Lipinski definition) is 3. The van der Waals surface area contributed by atoms with Gasteiger partial charge in [-0.15, -0.1) is 22.9 Å². The molecule has 2 aliphatic rings. The monoisotopic (exact) mass is 299 g/mol. The normalized spacial score (nSPS) is 23.2. The number of ether oxygens (including phenoxy) is 1. The van der Waals surface area contributed by atoms with E-state index in [1.165, 1.54) is 23.3 Å². The number of halogens is 1. The van der Waals surface area contributed by atoms with Crippen molar-refractivity contribution in [2.75, 3.05) is 25.6 Å². The van der Waals surface area contributed by atoms with Crippen LogP contribution in [0.3, 0.4) is 0 Å². The van der Waals surface area contributed by atoms with Gasteiger partial charge >= 0.3 is 0 Å². The highest BCUT2D eigenvalue weighted by molar-refractivity contribution is 7.14. The number of fused-ring (bicyclic) bond motifs is 1. The summed E-state index contributed by atoms with van der Waals surface area (Å²) >= 11 is 7.61. The quantitative estimate of drug-likeness (QED) is 0.786. The molecule has 1 unspecified atom stereocenters. The Morgan fingerprint density at radius 1 is 1.47 bits per heavy atom. The summed E-state index contributed by atoms with van der Waals surface area (Å²) in [6.07, 6.45) is 4.76. The molecular formula is C14H18ClNO2S. The van der Waals surface area contributed by atoms with Gasteiger partial charge in [0.05, 0.1) is 24.1 Å². The molecule has 3 rings (SSSR count). The van der Waals surface area contributed by atoms with Crippen molar-refractivity contribution in [2.24, 2.45) is 0 Å². The zero-order valence-electron chi connectivity index (χ0n) is 10.9. The molecule has 0 N–H and O–H groups in total. The molecule has 5 heteroatoms. The number of rotatable bonds is 2. The summed E-state index contributed by atoms with van der Waals surface area (Å²) in [5.74, 6) is 0.574. The van der Waals surface area contributed by atoms with Gasteiger partial charge in [-0.25, -0.2) is 0 Å². The lowest BCUT2D eigenvalue weighted by molar-refractivity contribution is 0.00483. The maximum atomic E-state index is 12.6. The molecule has 0 aromatic carbocycles. The maximum absolute atomic E-state index is 12.6. The topological polar surface area (TPSA) is 29.5 Å². The summed E-state index contributed by atoms with van der Waals surface area (Å²) in [6.45, 7) is 1.82. The molecule has 1 aliphatic heterocycles. The molecule has 1 aromatic heterocycles. The zero-order valence-corrected chi connectivity index (χ0v) is 12.4. The molecule has 1 amide bonds. The fourth-order valence-electron chi connectivity index (χ4n) is 2.79. The minimum atomic E-state index is 0.0158. The Morgan fingerprint density at radius 3 is 3.11 bits per heavy atom. The third-order valence-corrected chi connectivity index (χ3v) is 5.46. The highest BCUT2D eigenvalue weighted by Gasteiger charge is 2.29. The fraction of sp³-hybridized carbons (Fsp3) is 0.643. The van der Waals surface area contributed by atoms with Crippen LogP contribution in [-0.2, 0) is 17.6 Å². The number of morpholine rings is 1. The first-order valence-corrected chi connectivity index (χ1v) is 8.21. The van der Waals surface area contributed by atoms with Crippen LogP contribution in [0.2, 0.25) is 0 Å². The molecule has 0 spiro atoms. The zero-order chi connectivity index (χ0) is 13.2. The number of thiophene rings is 1. The van der Waals surface area contributed by atoms with Crippen molar-refractivity contribution in [1.82, 2.24) is 4.90 Å². The Bertz CT molecular complexity index is 451. The maximum Gasteiger partial charge on any atom is 0.264 e.